The van der Waals surface area contributed by atoms with Crippen LogP contribution in [0.2, 0.25) is 0 Å². The molecule has 0 N–H and O–H groups in total. The molecule has 2 heteroatoms. The molecule has 0 radical (unpaired) electrons. The van der Waals surface area contributed by atoms with Crippen molar-refractivity contribution < 1.29 is 4.74 Å². The molecule has 1 aliphatic rings. The van der Waals surface area contributed by atoms with Crippen LogP contribution in [0.5, 0.6) is 0 Å². The fourth-order valence-electron chi connectivity index (χ4n) is 0.709. The smallest absolute Gasteiger partial charge is 0.0593 e. The predicted molar refractivity (Wildman–Crippen MR) is 46.5 cm³/mol. The minimum atomic E-state index is 0.823. The van der Waals surface area contributed by atoms with Gasteiger partial charge in [-0.05, 0) is 12.8 Å². The largest absolute Gasteiger partial charge is 0.380 e. The molecule has 1 nitrogen and oxygen atoms in total. The first kappa shape index (κ1) is 8.15. The summed E-state index contributed by atoms with van der Waals surface area (Å²) < 4.78 is 5.39. The first-order chi connectivity index (χ1) is 4.93. The molecule has 1 unspecified atom stereocenters. The van der Waals surface area contributed by atoms with Crippen molar-refractivity contribution in [3.05, 3.63) is 12.7 Å². The van der Waals surface area contributed by atoms with Crippen LogP contribution in [-0.4, -0.2) is 24.2 Å². The molecule has 1 heterocycles. The van der Waals surface area contributed by atoms with Crippen LogP contribution in [0.1, 0.15) is 12.8 Å². The number of thioether (sulfide) groups is 1. The first-order valence-corrected chi connectivity index (χ1v) is 4.78. The van der Waals surface area contributed by atoms with Crippen LogP contribution in [0.25, 0.3) is 0 Å². The number of unbranched alkanes of at least 4 members (excludes halogenated alkanes) is 1. The van der Waals surface area contributed by atoms with Gasteiger partial charge in [0.1, 0.15) is 0 Å². The number of rotatable bonds is 6. The van der Waals surface area contributed by atoms with Crippen LogP contribution in [0.3, 0.4) is 0 Å². The fourth-order valence-corrected chi connectivity index (χ4v) is 1.13. The molecule has 58 valence electrons. The zero-order valence-corrected chi connectivity index (χ0v) is 7.03. The standard InChI is InChI=1S/C8H14OS/c1-2-3-4-5-9-6-8-7-10-8/h2,8H,1,3-7H2. The van der Waals surface area contributed by atoms with Gasteiger partial charge in [0, 0.05) is 17.6 Å². The molecule has 0 spiro atoms. The first-order valence-electron chi connectivity index (χ1n) is 3.73. The lowest BCUT2D eigenvalue weighted by molar-refractivity contribution is 0.140. The predicted octanol–water partition coefficient (Wildman–Crippen LogP) is 2.08. The highest BCUT2D eigenvalue weighted by atomic mass is 32.2. The summed E-state index contributed by atoms with van der Waals surface area (Å²) in [5.41, 5.74) is 0. The van der Waals surface area contributed by atoms with Gasteiger partial charge in [-0.2, -0.15) is 11.8 Å². The van der Waals surface area contributed by atoms with Gasteiger partial charge in [0.2, 0.25) is 0 Å². The van der Waals surface area contributed by atoms with E-state index in [9.17, 15) is 0 Å². The van der Waals surface area contributed by atoms with E-state index in [0.29, 0.717) is 0 Å². The molecule has 0 bridgehead atoms. The molecule has 1 fully saturated rings. The maximum atomic E-state index is 5.39. The summed E-state index contributed by atoms with van der Waals surface area (Å²) in [5, 5.41) is 0.823. The Bertz CT molecular complexity index is 99.4. The Balaban J connectivity index is 1.72. The van der Waals surface area contributed by atoms with Gasteiger partial charge in [-0.3, -0.25) is 0 Å². The number of hydrogen-bond acceptors (Lipinski definition) is 2. The summed E-state index contributed by atoms with van der Waals surface area (Å²) in [6.07, 6.45) is 4.15. The zero-order valence-electron chi connectivity index (χ0n) is 6.21. The maximum Gasteiger partial charge on any atom is 0.0593 e. The Labute approximate surface area is 66.8 Å². The Morgan fingerprint density at radius 2 is 2.50 bits per heavy atom. The third kappa shape index (κ3) is 3.96. The molecule has 1 saturated heterocycles. The van der Waals surface area contributed by atoms with E-state index >= 15 is 0 Å². The highest BCUT2D eigenvalue weighted by Gasteiger charge is 2.21. The topological polar surface area (TPSA) is 9.23 Å². The van der Waals surface area contributed by atoms with Crippen LogP contribution < -0.4 is 0 Å². The van der Waals surface area contributed by atoms with Gasteiger partial charge in [-0.25, -0.2) is 0 Å². The average Bonchev–Trinajstić information content (AvgIpc) is 2.71. The molecule has 0 aromatic rings. The quantitative estimate of drug-likeness (QED) is 0.332. The van der Waals surface area contributed by atoms with Crippen LogP contribution >= 0.6 is 11.8 Å². The van der Waals surface area contributed by atoms with Crippen molar-refractivity contribution in [2.75, 3.05) is 19.0 Å². The third-order valence-corrected chi connectivity index (χ3v) is 2.34. The lowest BCUT2D eigenvalue weighted by Gasteiger charge is -1.98. The molecule has 1 rings (SSSR count). The highest BCUT2D eigenvalue weighted by Crippen LogP contribution is 2.29. The van der Waals surface area contributed by atoms with Crippen LogP contribution in [0, 0.1) is 0 Å². The zero-order chi connectivity index (χ0) is 7.23. The molecule has 0 aromatic carbocycles. The van der Waals surface area contributed by atoms with Gasteiger partial charge in [-0.15, -0.1) is 6.58 Å². The minimum absolute atomic E-state index is 0.823. The lowest BCUT2D eigenvalue weighted by atomic mass is 10.3. The van der Waals surface area contributed by atoms with Crippen molar-refractivity contribution in [2.24, 2.45) is 0 Å². The van der Waals surface area contributed by atoms with Gasteiger partial charge in [0.25, 0.3) is 0 Å². The van der Waals surface area contributed by atoms with Crippen LogP contribution in [0.15, 0.2) is 12.7 Å². The molecular weight excluding hydrogens is 144 g/mol. The highest BCUT2D eigenvalue weighted by molar-refractivity contribution is 8.06. The second kappa shape index (κ2) is 4.80. The molecule has 1 aliphatic heterocycles. The van der Waals surface area contributed by atoms with E-state index in [1.54, 1.807) is 0 Å². The monoisotopic (exact) mass is 158 g/mol. The molecule has 1 atom stereocenters. The molecule has 0 amide bonds. The summed E-state index contributed by atoms with van der Waals surface area (Å²) in [4.78, 5) is 0. The van der Waals surface area contributed by atoms with Gasteiger partial charge in [-0.1, -0.05) is 6.08 Å². The normalized spacial score (nSPS) is 22.6. The summed E-state index contributed by atoms with van der Waals surface area (Å²) in [5.74, 6) is 1.31. The summed E-state index contributed by atoms with van der Waals surface area (Å²) in [7, 11) is 0. The summed E-state index contributed by atoms with van der Waals surface area (Å²) in [6, 6.07) is 0. The van der Waals surface area contributed by atoms with Gasteiger partial charge in [0.05, 0.1) is 6.61 Å². The lowest BCUT2D eigenvalue weighted by Crippen LogP contribution is -2.01. The SMILES string of the molecule is C=CCCCOCC1CS1. The molecular formula is C8H14OS. The van der Waals surface area contributed by atoms with Crippen molar-refractivity contribution in [3.63, 3.8) is 0 Å². The van der Waals surface area contributed by atoms with Crippen molar-refractivity contribution in [1.29, 1.82) is 0 Å². The summed E-state index contributed by atoms with van der Waals surface area (Å²) >= 11 is 1.99. The Kier molecular flexibility index (Phi) is 3.91. The Morgan fingerprint density at radius 3 is 3.10 bits per heavy atom. The van der Waals surface area contributed by atoms with E-state index < -0.39 is 0 Å². The van der Waals surface area contributed by atoms with Crippen molar-refractivity contribution in [2.45, 2.75) is 18.1 Å². The second-order valence-electron chi connectivity index (χ2n) is 2.46. The van der Waals surface area contributed by atoms with Crippen LogP contribution in [-0.2, 0) is 4.74 Å². The van der Waals surface area contributed by atoms with Gasteiger partial charge < -0.3 is 4.74 Å². The van der Waals surface area contributed by atoms with Crippen LogP contribution in [0.4, 0.5) is 0 Å². The molecule has 0 saturated carbocycles. The van der Waals surface area contributed by atoms with Crippen molar-refractivity contribution >= 4 is 11.8 Å². The van der Waals surface area contributed by atoms with Crippen molar-refractivity contribution in [3.8, 4) is 0 Å². The molecule has 0 aliphatic carbocycles. The Hall–Kier alpha value is 0.0500. The van der Waals surface area contributed by atoms with E-state index in [-0.39, 0.29) is 0 Å². The summed E-state index contributed by atoms with van der Waals surface area (Å²) in [6.45, 7) is 5.51. The average molecular weight is 158 g/mol. The van der Waals surface area contributed by atoms with E-state index in [0.717, 1.165) is 31.3 Å². The fraction of sp³-hybridized carbons (Fsp3) is 0.750. The van der Waals surface area contributed by atoms with Gasteiger partial charge in [0.15, 0.2) is 0 Å². The van der Waals surface area contributed by atoms with E-state index in [2.05, 4.69) is 6.58 Å². The third-order valence-electron chi connectivity index (χ3n) is 1.40. The maximum absolute atomic E-state index is 5.39. The van der Waals surface area contributed by atoms with Crippen molar-refractivity contribution in [1.82, 2.24) is 0 Å². The van der Waals surface area contributed by atoms with E-state index in [4.69, 9.17) is 4.74 Å². The molecule has 0 aromatic heterocycles. The molecule has 10 heavy (non-hydrogen) atoms. The second-order valence-corrected chi connectivity index (χ2v) is 3.79. The number of hydrogen-bond donors (Lipinski definition) is 0. The number of ether oxygens (including phenoxy) is 1. The Morgan fingerprint density at radius 1 is 1.70 bits per heavy atom. The minimum Gasteiger partial charge on any atom is -0.380 e. The van der Waals surface area contributed by atoms with E-state index in [1.165, 1.54) is 5.75 Å². The van der Waals surface area contributed by atoms with Gasteiger partial charge >= 0.3 is 0 Å². The van der Waals surface area contributed by atoms with E-state index in [1.807, 2.05) is 17.8 Å². The number of allylic oxidation sites excluding steroid dienone is 1.